The molecule has 0 unspecified atom stereocenters. The first kappa shape index (κ1) is 24.2. The molecule has 11 nitrogen and oxygen atoms in total. The molecule has 4 aromatic rings. The molecular weight excluding hydrogens is 520 g/mol. The summed E-state index contributed by atoms with van der Waals surface area (Å²) >= 11 is 7.14. The van der Waals surface area contributed by atoms with E-state index in [0.717, 1.165) is 11.3 Å². The zero-order chi connectivity index (χ0) is 25.0. The molecule has 0 spiro atoms. The van der Waals surface area contributed by atoms with Gasteiger partial charge in [-0.25, -0.2) is 13.4 Å². The van der Waals surface area contributed by atoms with E-state index in [0.29, 0.717) is 11.4 Å². The topological polar surface area (TPSA) is 154 Å². The minimum Gasteiger partial charge on any atom is -0.484 e. The number of nitrogens with one attached hydrogen (secondary N) is 2. The molecule has 0 saturated carbocycles. The van der Waals surface area contributed by atoms with Gasteiger partial charge in [-0.15, -0.1) is 11.3 Å². The molecule has 2 aromatic heterocycles. The second-order valence-corrected chi connectivity index (χ2v) is 9.83. The predicted molar refractivity (Wildman–Crippen MR) is 128 cm³/mol. The lowest BCUT2D eigenvalue weighted by atomic mass is 10.3. The van der Waals surface area contributed by atoms with Crippen LogP contribution < -0.4 is 14.8 Å². The highest BCUT2D eigenvalue weighted by atomic mass is 35.5. The molecule has 0 radical (unpaired) electrons. The summed E-state index contributed by atoms with van der Waals surface area (Å²) in [5, 5.41) is 15.4. The van der Waals surface area contributed by atoms with Gasteiger partial charge in [0.15, 0.2) is 10.9 Å². The number of carbonyl (C=O) groups excluding carboxylic acids is 1. The van der Waals surface area contributed by atoms with Gasteiger partial charge in [0, 0.05) is 29.4 Å². The van der Waals surface area contributed by atoms with Gasteiger partial charge >= 0.3 is 0 Å². The summed E-state index contributed by atoms with van der Waals surface area (Å²) in [6, 6.07) is 12.4. The van der Waals surface area contributed by atoms with Gasteiger partial charge in [0.25, 0.3) is 21.6 Å². The van der Waals surface area contributed by atoms with Crippen molar-refractivity contribution in [3.63, 3.8) is 0 Å². The number of nitro groups is 1. The Morgan fingerprint density at radius 1 is 1.17 bits per heavy atom. The zero-order valence-electron chi connectivity index (χ0n) is 17.5. The minimum atomic E-state index is -3.81. The molecule has 35 heavy (non-hydrogen) atoms. The van der Waals surface area contributed by atoms with Crippen molar-refractivity contribution in [1.82, 2.24) is 4.98 Å². The van der Waals surface area contributed by atoms with E-state index in [1.54, 1.807) is 5.38 Å². The molecule has 2 heterocycles. The number of carbonyl (C=O) groups is 1. The lowest BCUT2D eigenvalue weighted by Gasteiger charge is -2.07. The Morgan fingerprint density at radius 2 is 1.94 bits per heavy atom. The number of halogens is 1. The van der Waals surface area contributed by atoms with Gasteiger partial charge in [-0.1, -0.05) is 11.6 Å². The molecule has 0 aliphatic rings. The lowest BCUT2D eigenvalue weighted by Crippen LogP contribution is -2.13. The van der Waals surface area contributed by atoms with E-state index < -0.39 is 20.9 Å². The van der Waals surface area contributed by atoms with E-state index in [4.69, 9.17) is 20.8 Å². The highest BCUT2D eigenvalue weighted by molar-refractivity contribution is 7.93. The average Bonchev–Trinajstić information content (AvgIpc) is 3.50. The Morgan fingerprint density at radius 3 is 2.60 bits per heavy atom. The molecule has 180 valence electrons. The van der Waals surface area contributed by atoms with Crippen molar-refractivity contribution in [2.75, 3.05) is 10.0 Å². The quantitative estimate of drug-likeness (QED) is 0.226. The van der Waals surface area contributed by atoms with Crippen LogP contribution >= 0.6 is 22.9 Å². The number of furan rings is 1. The van der Waals surface area contributed by atoms with Crippen LogP contribution in [0.25, 0.3) is 0 Å². The van der Waals surface area contributed by atoms with Crippen LogP contribution in [0.5, 0.6) is 5.75 Å². The van der Waals surface area contributed by atoms with Crippen LogP contribution in [0, 0.1) is 10.1 Å². The predicted octanol–water partition coefficient (Wildman–Crippen LogP) is 4.93. The largest absolute Gasteiger partial charge is 0.484 e. The third kappa shape index (κ3) is 5.95. The fourth-order valence-corrected chi connectivity index (χ4v) is 4.82. The van der Waals surface area contributed by atoms with Crippen molar-refractivity contribution in [2.45, 2.75) is 11.5 Å². The van der Waals surface area contributed by atoms with E-state index in [2.05, 4.69) is 15.0 Å². The van der Waals surface area contributed by atoms with Crippen molar-refractivity contribution in [3.8, 4) is 5.75 Å². The maximum Gasteiger partial charge on any atom is 0.291 e. The maximum absolute atomic E-state index is 12.5. The van der Waals surface area contributed by atoms with Crippen molar-refractivity contribution in [3.05, 3.63) is 92.8 Å². The Bertz CT molecular complexity index is 1470. The summed E-state index contributed by atoms with van der Waals surface area (Å²) in [7, 11) is -3.81. The standard InChI is InChI=1S/C21H15ClN4O7S2/c22-17-11-14(26(28)29)3-7-18(17)32-12-15-4-8-19(33-15)20(27)24-13-1-5-16(6-2-13)35(30,31)25-21-23-9-10-34-21/h1-11H,12H2,(H,23,25)(H,24,27). The molecule has 14 heteroatoms. The molecule has 2 N–H and O–H groups in total. The molecule has 0 fully saturated rings. The van der Waals surface area contributed by atoms with Crippen molar-refractivity contribution in [2.24, 2.45) is 0 Å². The van der Waals surface area contributed by atoms with Crippen LogP contribution in [0.1, 0.15) is 16.3 Å². The second kappa shape index (κ2) is 10.1. The van der Waals surface area contributed by atoms with Crippen molar-refractivity contribution in [1.29, 1.82) is 0 Å². The summed E-state index contributed by atoms with van der Waals surface area (Å²) in [6.45, 7) is -0.0660. The molecule has 4 rings (SSSR count). The van der Waals surface area contributed by atoms with Crippen LogP contribution in [-0.2, 0) is 16.6 Å². The summed E-state index contributed by atoms with van der Waals surface area (Å²) in [5.74, 6) is -0.0139. The van der Waals surface area contributed by atoms with Gasteiger partial charge in [0.05, 0.1) is 14.8 Å². The number of nitro benzene ring substituents is 1. The molecule has 0 saturated heterocycles. The number of benzene rings is 2. The highest BCUT2D eigenvalue weighted by Crippen LogP contribution is 2.29. The van der Waals surface area contributed by atoms with E-state index in [9.17, 15) is 23.3 Å². The van der Waals surface area contributed by atoms with E-state index in [1.807, 2.05) is 0 Å². The van der Waals surface area contributed by atoms with Gasteiger partial charge in [-0.05, 0) is 42.5 Å². The summed E-state index contributed by atoms with van der Waals surface area (Å²) < 4.78 is 38.1. The Labute approximate surface area is 207 Å². The summed E-state index contributed by atoms with van der Waals surface area (Å²) in [5.41, 5.74) is 0.191. The van der Waals surface area contributed by atoms with Crippen LogP contribution in [0.3, 0.4) is 0 Å². The molecule has 1 amide bonds. The molecule has 0 aliphatic carbocycles. The first-order valence-corrected chi connectivity index (χ1v) is 12.4. The van der Waals surface area contributed by atoms with E-state index in [1.165, 1.54) is 60.8 Å². The molecule has 0 bridgehead atoms. The van der Waals surface area contributed by atoms with Crippen LogP contribution in [0.15, 0.2) is 75.5 Å². The van der Waals surface area contributed by atoms with Gasteiger partial charge in [-0.3, -0.25) is 19.6 Å². The second-order valence-electron chi connectivity index (χ2n) is 6.85. The number of aromatic nitrogens is 1. The minimum absolute atomic E-state index is 0.000492. The number of anilines is 2. The first-order chi connectivity index (χ1) is 16.7. The number of amides is 1. The summed E-state index contributed by atoms with van der Waals surface area (Å²) in [4.78, 5) is 26.6. The van der Waals surface area contributed by atoms with Gasteiger partial charge in [0.1, 0.15) is 18.1 Å². The number of thiazole rings is 1. The Kier molecular flexibility index (Phi) is 7.00. The van der Waals surface area contributed by atoms with E-state index >= 15 is 0 Å². The molecule has 0 aliphatic heterocycles. The fourth-order valence-electron chi connectivity index (χ4n) is 2.80. The Balaban J connectivity index is 1.35. The number of hydrogen-bond donors (Lipinski definition) is 2. The number of hydrogen-bond acceptors (Lipinski definition) is 9. The lowest BCUT2D eigenvalue weighted by molar-refractivity contribution is -0.384. The average molecular weight is 535 g/mol. The molecule has 0 atom stereocenters. The normalized spacial score (nSPS) is 11.1. The number of sulfonamides is 1. The monoisotopic (exact) mass is 534 g/mol. The van der Waals surface area contributed by atoms with Crippen LogP contribution in [0.4, 0.5) is 16.5 Å². The van der Waals surface area contributed by atoms with Gasteiger partial charge < -0.3 is 14.5 Å². The number of nitrogens with zero attached hydrogens (tertiary/aromatic N) is 2. The fraction of sp³-hybridized carbons (Fsp3) is 0.0476. The van der Waals surface area contributed by atoms with E-state index in [-0.39, 0.29) is 38.9 Å². The van der Waals surface area contributed by atoms with Crippen LogP contribution in [0.2, 0.25) is 5.02 Å². The van der Waals surface area contributed by atoms with Gasteiger partial charge in [0.2, 0.25) is 0 Å². The third-order valence-corrected chi connectivity index (χ3v) is 6.93. The van der Waals surface area contributed by atoms with Crippen molar-refractivity contribution >= 4 is 55.4 Å². The molecule has 2 aromatic carbocycles. The Hall–Kier alpha value is -3.94. The summed E-state index contributed by atoms with van der Waals surface area (Å²) in [6.07, 6.45) is 1.48. The smallest absolute Gasteiger partial charge is 0.291 e. The van der Waals surface area contributed by atoms with Crippen LogP contribution in [-0.4, -0.2) is 24.2 Å². The maximum atomic E-state index is 12.5. The zero-order valence-corrected chi connectivity index (χ0v) is 19.9. The first-order valence-electron chi connectivity index (χ1n) is 9.70. The third-order valence-electron chi connectivity index (χ3n) is 4.46. The number of rotatable bonds is 9. The molecular formula is C21H15ClN4O7S2. The highest BCUT2D eigenvalue weighted by Gasteiger charge is 2.17. The number of ether oxygens (including phenoxy) is 1. The van der Waals surface area contributed by atoms with Gasteiger partial charge in [-0.2, -0.15) is 0 Å². The van der Waals surface area contributed by atoms with Crippen molar-refractivity contribution < 1.29 is 27.3 Å². The number of non-ortho nitro benzene ring substituents is 1. The SMILES string of the molecule is O=C(Nc1ccc(S(=O)(=O)Nc2nccs2)cc1)c1ccc(COc2ccc([N+](=O)[O-])cc2Cl)o1.